The number of ether oxygens (including phenoxy) is 1. The predicted octanol–water partition coefficient (Wildman–Crippen LogP) is 1.43. The fourth-order valence-corrected chi connectivity index (χ4v) is 1.72. The fourth-order valence-electron chi connectivity index (χ4n) is 1.72. The summed E-state index contributed by atoms with van der Waals surface area (Å²) in [5.74, 6) is -0.361. The third-order valence-corrected chi connectivity index (χ3v) is 2.75. The monoisotopic (exact) mass is 245 g/mol. The van der Waals surface area contributed by atoms with Gasteiger partial charge >= 0.3 is 5.97 Å². The van der Waals surface area contributed by atoms with Gasteiger partial charge in [0.1, 0.15) is 0 Å². The summed E-state index contributed by atoms with van der Waals surface area (Å²) in [5, 5.41) is 4.36. The van der Waals surface area contributed by atoms with E-state index in [9.17, 15) is 4.79 Å². The van der Waals surface area contributed by atoms with Crippen LogP contribution in [0.4, 0.5) is 0 Å². The van der Waals surface area contributed by atoms with E-state index in [2.05, 4.69) is 9.84 Å². The van der Waals surface area contributed by atoms with Crippen molar-refractivity contribution < 1.29 is 9.53 Å². The maximum absolute atomic E-state index is 11.5. The second-order valence-corrected chi connectivity index (χ2v) is 3.93. The Bertz CT molecular complexity index is 575. The lowest BCUT2D eigenvalue weighted by atomic mass is 10.2. The third kappa shape index (κ3) is 2.26. The molecular formula is C13H15N3O2. The van der Waals surface area contributed by atoms with Gasteiger partial charge < -0.3 is 10.5 Å². The van der Waals surface area contributed by atoms with E-state index in [1.165, 1.54) is 7.11 Å². The van der Waals surface area contributed by atoms with Crippen LogP contribution in [0.5, 0.6) is 0 Å². The van der Waals surface area contributed by atoms with E-state index in [0.717, 1.165) is 16.9 Å². The van der Waals surface area contributed by atoms with Crippen molar-refractivity contribution in [3.05, 3.63) is 47.3 Å². The minimum absolute atomic E-state index is 0.361. The Morgan fingerprint density at radius 1 is 1.50 bits per heavy atom. The molecule has 1 aromatic carbocycles. The highest BCUT2D eigenvalue weighted by atomic mass is 16.5. The first-order valence-corrected chi connectivity index (χ1v) is 5.59. The Labute approximate surface area is 105 Å². The lowest BCUT2D eigenvalue weighted by Gasteiger charge is -2.03. The van der Waals surface area contributed by atoms with Crippen LogP contribution in [-0.4, -0.2) is 22.9 Å². The molecule has 2 rings (SSSR count). The minimum Gasteiger partial charge on any atom is -0.465 e. The highest BCUT2D eigenvalue weighted by Gasteiger charge is 2.08. The number of benzene rings is 1. The van der Waals surface area contributed by atoms with E-state index in [-0.39, 0.29) is 5.97 Å². The predicted molar refractivity (Wildman–Crippen MR) is 67.5 cm³/mol. The van der Waals surface area contributed by atoms with Crippen LogP contribution in [0.25, 0.3) is 5.69 Å². The fraction of sp³-hybridized carbons (Fsp3) is 0.231. The van der Waals surface area contributed by atoms with Gasteiger partial charge in [0.25, 0.3) is 0 Å². The molecule has 0 aliphatic heterocycles. The van der Waals surface area contributed by atoms with E-state index < -0.39 is 0 Å². The second-order valence-electron chi connectivity index (χ2n) is 3.93. The van der Waals surface area contributed by atoms with Gasteiger partial charge in [0.2, 0.25) is 0 Å². The van der Waals surface area contributed by atoms with Crippen LogP contribution >= 0.6 is 0 Å². The normalized spacial score (nSPS) is 10.4. The molecule has 1 aromatic heterocycles. The maximum Gasteiger partial charge on any atom is 0.337 e. The molecule has 0 bridgehead atoms. The van der Waals surface area contributed by atoms with E-state index in [0.29, 0.717) is 12.1 Å². The average molecular weight is 245 g/mol. The SMILES string of the molecule is COC(=O)c1cccc(-n2cc(CN)c(C)n2)c1. The molecule has 0 atom stereocenters. The third-order valence-electron chi connectivity index (χ3n) is 2.75. The van der Waals surface area contributed by atoms with Gasteiger partial charge in [-0.15, -0.1) is 0 Å². The minimum atomic E-state index is -0.361. The Morgan fingerprint density at radius 3 is 2.89 bits per heavy atom. The van der Waals surface area contributed by atoms with Gasteiger partial charge in [0, 0.05) is 18.3 Å². The smallest absolute Gasteiger partial charge is 0.337 e. The summed E-state index contributed by atoms with van der Waals surface area (Å²) in [5.41, 5.74) is 8.79. The zero-order valence-electron chi connectivity index (χ0n) is 10.4. The molecule has 0 fully saturated rings. The number of nitrogens with two attached hydrogens (primary N) is 1. The number of rotatable bonds is 3. The standard InChI is InChI=1S/C13H15N3O2/c1-9-11(7-14)8-16(15-9)12-5-3-4-10(6-12)13(17)18-2/h3-6,8H,7,14H2,1-2H3. The van der Waals surface area contributed by atoms with Crippen molar-refractivity contribution in [3.8, 4) is 5.69 Å². The van der Waals surface area contributed by atoms with E-state index >= 15 is 0 Å². The maximum atomic E-state index is 11.5. The van der Waals surface area contributed by atoms with Crippen molar-refractivity contribution in [3.63, 3.8) is 0 Å². The first-order valence-electron chi connectivity index (χ1n) is 5.59. The van der Waals surface area contributed by atoms with Gasteiger partial charge in [-0.2, -0.15) is 5.10 Å². The van der Waals surface area contributed by atoms with Crippen LogP contribution in [0, 0.1) is 6.92 Å². The Balaban J connectivity index is 2.41. The lowest BCUT2D eigenvalue weighted by molar-refractivity contribution is 0.0600. The number of esters is 1. The second kappa shape index (κ2) is 5.01. The molecule has 2 aromatic rings. The van der Waals surface area contributed by atoms with Crippen molar-refractivity contribution in [2.75, 3.05) is 7.11 Å². The van der Waals surface area contributed by atoms with E-state index in [1.54, 1.807) is 22.9 Å². The van der Waals surface area contributed by atoms with E-state index in [4.69, 9.17) is 5.73 Å². The van der Waals surface area contributed by atoms with E-state index in [1.807, 2.05) is 19.2 Å². The van der Waals surface area contributed by atoms with Gasteiger partial charge in [-0.3, -0.25) is 0 Å². The molecular weight excluding hydrogens is 230 g/mol. The number of carbonyl (C=O) groups excluding carboxylic acids is 1. The number of aromatic nitrogens is 2. The molecule has 0 aliphatic rings. The summed E-state index contributed by atoms with van der Waals surface area (Å²) in [6.07, 6.45) is 1.87. The van der Waals surface area contributed by atoms with Gasteiger partial charge in [0.15, 0.2) is 0 Å². The van der Waals surface area contributed by atoms with Crippen molar-refractivity contribution >= 4 is 5.97 Å². The molecule has 94 valence electrons. The average Bonchev–Trinajstić information content (AvgIpc) is 2.79. The van der Waals surface area contributed by atoms with Crippen molar-refractivity contribution in [2.45, 2.75) is 13.5 Å². The number of methoxy groups -OCH3 is 1. The summed E-state index contributed by atoms with van der Waals surface area (Å²) < 4.78 is 6.40. The molecule has 0 spiro atoms. The van der Waals surface area contributed by atoms with Crippen LogP contribution in [0.2, 0.25) is 0 Å². The van der Waals surface area contributed by atoms with Crippen molar-refractivity contribution in [1.29, 1.82) is 0 Å². The van der Waals surface area contributed by atoms with Gasteiger partial charge in [0.05, 0.1) is 24.1 Å². The molecule has 18 heavy (non-hydrogen) atoms. The largest absolute Gasteiger partial charge is 0.465 e. The highest BCUT2D eigenvalue weighted by Crippen LogP contribution is 2.13. The lowest BCUT2D eigenvalue weighted by Crippen LogP contribution is -2.03. The Kier molecular flexibility index (Phi) is 3.43. The highest BCUT2D eigenvalue weighted by molar-refractivity contribution is 5.89. The molecule has 5 heteroatoms. The van der Waals surface area contributed by atoms with Crippen LogP contribution in [0.15, 0.2) is 30.5 Å². The number of aryl methyl sites for hydroxylation is 1. The molecule has 0 saturated heterocycles. The van der Waals surface area contributed by atoms with Crippen molar-refractivity contribution in [2.24, 2.45) is 5.73 Å². The molecule has 0 amide bonds. The molecule has 2 N–H and O–H groups in total. The number of nitrogens with zero attached hydrogens (tertiary/aromatic N) is 2. The van der Waals surface area contributed by atoms with Crippen LogP contribution in [0.1, 0.15) is 21.6 Å². The van der Waals surface area contributed by atoms with Crippen LogP contribution < -0.4 is 5.73 Å². The number of hydrogen-bond donors (Lipinski definition) is 1. The van der Waals surface area contributed by atoms with Gasteiger partial charge in [-0.25, -0.2) is 9.48 Å². The topological polar surface area (TPSA) is 70.1 Å². The van der Waals surface area contributed by atoms with Gasteiger partial charge in [-0.05, 0) is 25.1 Å². The zero-order valence-corrected chi connectivity index (χ0v) is 10.4. The molecule has 0 unspecified atom stereocenters. The zero-order chi connectivity index (χ0) is 13.1. The number of hydrogen-bond acceptors (Lipinski definition) is 4. The summed E-state index contributed by atoms with van der Waals surface area (Å²) >= 11 is 0. The first-order chi connectivity index (χ1) is 8.65. The molecule has 1 heterocycles. The molecule has 5 nitrogen and oxygen atoms in total. The summed E-state index contributed by atoms with van der Waals surface area (Å²) in [6.45, 7) is 2.35. The quantitative estimate of drug-likeness (QED) is 0.830. The molecule has 0 saturated carbocycles. The summed E-state index contributed by atoms with van der Waals surface area (Å²) in [7, 11) is 1.36. The van der Waals surface area contributed by atoms with Crippen LogP contribution in [0.3, 0.4) is 0 Å². The number of carbonyl (C=O) groups is 1. The Morgan fingerprint density at radius 2 is 2.28 bits per heavy atom. The Hall–Kier alpha value is -2.14. The molecule has 0 radical (unpaired) electrons. The molecule has 0 aliphatic carbocycles. The van der Waals surface area contributed by atoms with Gasteiger partial charge in [-0.1, -0.05) is 6.07 Å². The first kappa shape index (κ1) is 12.3. The summed E-state index contributed by atoms with van der Waals surface area (Å²) in [6, 6.07) is 7.11. The van der Waals surface area contributed by atoms with Crippen LogP contribution in [-0.2, 0) is 11.3 Å². The summed E-state index contributed by atoms with van der Waals surface area (Å²) in [4.78, 5) is 11.5. The van der Waals surface area contributed by atoms with Crippen molar-refractivity contribution in [1.82, 2.24) is 9.78 Å².